The fourth-order valence-corrected chi connectivity index (χ4v) is 9.41. The maximum Gasteiger partial charge on any atom is 0.425 e. The number of nitrogens with one attached hydrogen (secondary N) is 2. The molecule has 1 unspecified atom stereocenters. The normalized spacial score (nSPS) is 17.2. The van der Waals surface area contributed by atoms with E-state index in [1.165, 1.54) is 23.1 Å². The zero-order chi connectivity index (χ0) is 47.0. The second-order valence-corrected chi connectivity index (χ2v) is 20.7. The molecule has 0 radical (unpaired) electrons. The van der Waals surface area contributed by atoms with Gasteiger partial charge in [0.25, 0.3) is 0 Å². The van der Waals surface area contributed by atoms with E-state index in [0.717, 1.165) is 11.8 Å². The minimum atomic E-state index is -3.72. The Morgan fingerprint density at radius 3 is 2.22 bits per heavy atom. The van der Waals surface area contributed by atoms with Gasteiger partial charge in [-0.1, -0.05) is 43.3 Å². The number of anilines is 3. The number of carbonyl (C=O) groups excluding carboxylic acids is 4. The molecule has 4 amide bonds. The molecule has 1 aliphatic carbocycles. The van der Waals surface area contributed by atoms with Crippen LogP contribution in [0.2, 0.25) is 0 Å². The molecule has 1 saturated carbocycles. The van der Waals surface area contributed by atoms with E-state index in [1.807, 2.05) is 37.3 Å². The SMILES string of the molecule is C[C@H]1CC(=O)Nc2ccc(S(=O)(=O)C3CC3)c(c2)CN(C)C(=O)C(Nc2ccc3c(N(C(=O)OC(C)(C)C)C(=O)OC(C)(C)C)ncc(F)c3c2)c2ccc(OCc3ccccc3)c1c2. The highest BCUT2D eigenvalue weighted by Crippen LogP contribution is 2.39. The average molecular weight is 908 g/mol. The number of hydrogen-bond donors (Lipinski definition) is 2. The maximum atomic E-state index is 15.9. The maximum absolute atomic E-state index is 15.9. The molecule has 2 atom stereocenters. The summed E-state index contributed by atoms with van der Waals surface area (Å²) >= 11 is 0. The predicted octanol–water partition coefficient (Wildman–Crippen LogP) is 9.82. The zero-order valence-corrected chi connectivity index (χ0v) is 38.5. The van der Waals surface area contributed by atoms with Crippen molar-refractivity contribution in [2.24, 2.45) is 0 Å². The van der Waals surface area contributed by atoms with Gasteiger partial charge in [0.05, 0.1) is 16.3 Å². The van der Waals surface area contributed by atoms with Gasteiger partial charge in [-0.05, 0) is 131 Å². The molecule has 1 aromatic heterocycles. The van der Waals surface area contributed by atoms with Gasteiger partial charge in [-0.25, -0.2) is 27.4 Å². The Labute approximate surface area is 378 Å². The number of aromatic nitrogens is 1. The smallest absolute Gasteiger partial charge is 0.425 e. The quantitative estimate of drug-likeness (QED) is 0.152. The number of pyridine rings is 1. The number of amides is 4. The van der Waals surface area contributed by atoms with Crippen LogP contribution in [0.3, 0.4) is 0 Å². The zero-order valence-electron chi connectivity index (χ0n) is 37.7. The second-order valence-electron chi connectivity index (χ2n) is 18.5. The molecule has 1 fully saturated rings. The first kappa shape index (κ1) is 46.4. The molecule has 2 heterocycles. The lowest BCUT2D eigenvalue weighted by molar-refractivity contribution is -0.131. The molecule has 2 aliphatic rings. The van der Waals surface area contributed by atoms with Gasteiger partial charge in [0.1, 0.15) is 35.4 Å². The van der Waals surface area contributed by atoms with Crippen molar-refractivity contribution in [3.8, 4) is 5.75 Å². The summed E-state index contributed by atoms with van der Waals surface area (Å²) in [4.78, 5) is 62.0. The number of carbonyl (C=O) groups is 4. The Bertz CT molecular complexity index is 2740. The molecule has 0 spiro atoms. The van der Waals surface area contributed by atoms with Crippen molar-refractivity contribution in [3.63, 3.8) is 0 Å². The first-order valence-electron chi connectivity index (χ1n) is 21.4. The molecule has 7 rings (SSSR count). The molecule has 4 bridgehead atoms. The summed E-state index contributed by atoms with van der Waals surface area (Å²) in [5.41, 5.74) is 1.04. The number of sulfone groups is 1. The average Bonchev–Trinajstić information content (AvgIpc) is 4.09. The first-order valence-corrected chi connectivity index (χ1v) is 23.0. The van der Waals surface area contributed by atoms with Gasteiger partial charge in [0, 0.05) is 42.2 Å². The molecular weight excluding hydrogens is 854 g/mol. The van der Waals surface area contributed by atoms with E-state index in [1.54, 1.807) is 85.0 Å². The Kier molecular flexibility index (Phi) is 13.0. The highest BCUT2D eigenvalue weighted by atomic mass is 32.2. The van der Waals surface area contributed by atoms with Crippen LogP contribution in [0.15, 0.2) is 96.0 Å². The summed E-state index contributed by atoms with van der Waals surface area (Å²) in [6.07, 6.45) is -0.186. The summed E-state index contributed by atoms with van der Waals surface area (Å²) in [6.45, 7) is 11.8. The minimum absolute atomic E-state index is 0.0263. The van der Waals surface area contributed by atoms with Crippen LogP contribution < -0.4 is 20.3 Å². The second kappa shape index (κ2) is 18.1. The van der Waals surface area contributed by atoms with Gasteiger partial charge < -0.3 is 29.7 Å². The lowest BCUT2D eigenvalue weighted by atomic mass is 9.92. The summed E-state index contributed by atoms with van der Waals surface area (Å²) in [7, 11) is -2.16. The fraction of sp³-hybridized carbons (Fsp3) is 0.367. The third-order valence-corrected chi connectivity index (χ3v) is 13.1. The van der Waals surface area contributed by atoms with Crippen LogP contribution in [-0.4, -0.2) is 65.8 Å². The standard InChI is InChI=1S/C49H54FN5O9S/c1-29-22-42(56)52-33-16-21-41(65(60,61)35-17-18-35)32(23-33)27-54(8)45(57)43(31-14-20-40(37(29)24-31)62-28-30-12-10-9-11-13-30)53-34-15-19-36-38(25-34)39(50)26-51-44(36)55(46(58)63-48(2,3)4)47(59)64-49(5,6)7/h9-16,19-21,23-26,29,35,43,53H,17-18,22,27-28H2,1-8H3,(H,52,56)/t29-,43?/m0/s1. The predicted molar refractivity (Wildman–Crippen MR) is 245 cm³/mol. The molecule has 342 valence electrons. The van der Waals surface area contributed by atoms with Crippen LogP contribution in [0.25, 0.3) is 10.8 Å². The molecule has 5 aromatic rings. The van der Waals surface area contributed by atoms with Crippen LogP contribution in [0.4, 0.5) is 31.2 Å². The van der Waals surface area contributed by atoms with Crippen molar-refractivity contribution < 1.29 is 46.2 Å². The van der Waals surface area contributed by atoms with E-state index in [2.05, 4.69) is 15.6 Å². The number of fused-ring (bicyclic) bond motifs is 5. The lowest BCUT2D eigenvalue weighted by Gasteiger charge is -2.29. The van der Waals surface area contributed by atoms with E-state index < -0.39 is 62.2 Å². The Morgan fingerprint density at radius 2 is 1.57 bits per heavy atom. The van der Waals surface area contributed by atoms with Crippen LogP contribution in [0.1, 0.15) is 102 Å². The van der Waals surface area contributed by atoms with Crippen molar-refractivity contribution in [2.75, 3.05) is 22.6 Å². The number of hydrogen-bond acceptors (Lipinski definition) is 11. The minimum Gasteiger partial charge on any atom is -0.489 e. The monoisotopic (exact) mass is 907 g/mol. The number of ether oxygens (including phenoxy) is 3. The summed E-state index contributed by atoms with van der Waals surface area (Å²) in [6, 6.07) is 22.8. The van der Waals surface area contributed by atoms with Gasteiger partial charge in [0.2, 0.25) is 11.8 Å². The number of rotatable bonds is 8. The van der Waals surface area contributed by atoms with Gasteiger partial charge in [0.15, 0.2) is 15.7 Å². The molecule has 2 N–H and O–H groups in total. The van der Waals surface area contributed by atoms with Gasteiger partial charge in [-0.3, -0.25) is 9.59 Å². The Hall–Kier alpha value is -6.55. The topological polar surface area (TPSA) is 174 Å². The molecule has 0 saturated heterocycles. The number of likely N-dealkylation sites (N-methyl/N-ethyl adjacent to an activating group) is 1. The summed E-state index contributed by atoms with van der Waals surface area (Å²) < 4.78 is 60.7. The molecule has 16 heteroatoms. The van der Waals surface area contributed by atoms with E-state index >= 15 is 4.39 Å². The Balaban J connectivity index is 1.32. The largest absolute Gasteiger partial charge is 0.489 e. The highest BCUT2D eigenvalue weighted by Gasteiger charge is 2.39. The first-order chi connectivity index (χ1) is 30.6. The van der Waals surface area contributed by atoms with Crippen LogP contribution in [0.5, 0.6) is 5.75 Å². The third-order valence-electron chi connectivity index (χ3n) is 10.8. The third kappa shape index (κ3) is 10.9. The molecule has 14 nitrogen and oxygen atoms in total. The summed E-state index contributed by atoms with van der Waals surface area (Å²) in [5, 5.41) is 5.72. The van der Waals surface area contributed by atoms with Gasteiger partial charge in [-0.2, -0.15) is 4.90 Å². The Morgan fingerprint density at radius 1 is 0.892 bits per heavy atom. The van der Waals surface area contributed by atoms with Crippen molar-refractivity contribution in [3.05, 3.63) is 119 Å². The van der Waals surface area contributed by atoms with Crippen molar-refractivity contribution in [1.29, 1.82) is 0 Å². The van der Waals surface area contributed by atoms with Crippen molar-refractivity contribution in [1.82, 2.24) is 9.88 Å². The fourth-order valence-electron chi connectivity index (χ4n) is 7.55. The molecule has 1 aliphatic heterocycles. The molecular formula is C49H54FN5O9S. The van der Waals surface area contributed by atoms with Crippen molar-refractivity contribution >= 4 is 61.8 Å². The number of benzene rings is 4. The highest BCUT2D eigenvalue weighted by molar-refractivity contribution is 7.92. The van der Waals surface area contributed by atoms with E-state index in [-0.39, 0.29) is 52.7 Å². The number of imide groups is 1. The molecule has 4 aromatic carbocycles. The van der Waals surface area contributed by atoms with Crippen LogP contribution >= 0.6 is 0 Å². The van der Waals surface area contributed by atoms with E-state index in [4.69, 9.17) is 14.2 Å². The van der Waals surface area contributed by atoms with E-state index in [0.29, 0.717) is 45.9 Å². The van der Waals surface area contributed by atoms with E-state index in [9.17, 15) is 27.6 Å². The number of halogens is 1. The number of nitrogens with zero attached hydrogens (tertiary/aromatic N) is 3. The lowest BCUT2D eigenvalue weighted by Crippen LogP contribution is -2.44. The van der Waals surface area contributed by atoms with Gasteiger partial charge in [-0.15, -0.1) is 0 Å². The van der Waals surface area contributed by atoms with Crippen molar-refractivity contribution in [2.45, 2.75) is 114 Å². The molecule has 65 heavy (non-hydrogen) atoms. The van der Waals surface area contributed by atoms with Crippen LogP contribution in [0, 0.1) is 5.82 Å². The van der Waals surface area contributed by atoms with Crippen LogP contribution in [-0.2, 0) is 42.1 Å². The summed E-state index contributed by atoms with van der Waals surface area (Å²) in [5.74, 6) is -1.70. The van der Waals surface area contributed by atoms with Gasteiger partial charge >= 0.3 is 12.2 Å².